The number of amides is 1. The van der Waals surface area contributed by atoms with E-state index < -0.39 is 5.60 Å². The molecule has 0 unspecified atom stereocenters. The summed E-state index contributed by atoms with van der Waals surface area (Å²) in [6.07, 6.45) is 0.766. The molecule has 21 heavy (non-hydrogen) atoms. The summed E-state index contributed by atoms with van der Waals surface area (Å²) in [5.74, 6) is 0. The molecule has 1 aliphatic rings. The lowest BCUT2D eigenvalue weighted by Gasteiger charge is -2.26. The van der Waals surface area contributed by atoms with Crippen LogP contribution in [0.15, 0.2) is 12.1 Å². The maximum absolute atomic E-state index is 12.1. The van der Waals surface area contributed by atoms with E-state index in [1.165, 1.54) is 4.88 Å². The molecule has 1 fully saturated rings. The van der Waals surface area contributed by atoms with E-state index in [0.29, 0.717) is 6.54 Å². The Morgan fingerprint density at radius 1 is 1.29 bits per heavy atom. The molecule has 1 aromatic rings. The maximum Gasteiger partial charge on any atom is 0.410 e. The highest BCUT2D eigenvalue weighted by molar-refractivity contribution is 7.16. The van der Waals surface area contributed by atoms with E-state index in [2.05, 4.69) is 11.0 Å². The van der Waals surface area contributed by atoms with Crippen molar-refractivity contribution in [2.24, 2.45) is 0 Å². The van der Waals surface area contributed by atoms with E-state index in [4.69, 9.17) is 16.3 Å². The van der Waals surface area contributed by atoms with Gasteiger partial charge in [-0.05, 0) is 39.3 Å². The van der Waals surface area contributed by atoms with E-state index in [1.54, 1.807) is 11.3 Å². The van der Waals surface area contributed by atoms with Crippen LogP contribution in [-0.2, 0) is 11.3 Å². The first-order valence-electron chi connectivity index (χ1n) is 7.28. The highest BCUT2D eigenvalue weighted by Gasteiger charge is 2.24. The van der Waals surface area contributed by atoms with Crippen LogP contribution in [-0.4, -0.2) is 47.7 Å². The van der Waals surface area contributed by atoms with Gasteiger partial charge in [0, 0.05) is 37.6 Å². The number of halogens is 1. The molecule has 0 radical (unpaired) electrons. The van der Waals surface area contributed by atoms with Gasteiger partial charge in [0.1, 0.15) is 5.60 Å². The third-order valence-corrected chi connectivity index (χ3v) is 4.46. The summed E-state index contributed by atoms with van der Waals surface area (Å²) < 4.78 is 6.27. The molecule has 0 aliphatic carbocycles. The molecule has 1 aliphatic heterocycles. The van der Waals surface area contributed by atoms with Crippen LogP contribution >= 0.6 is 22.9 Å². The Morgan fingerprint density at radius 3 is 2.67 bits per heavy atom. The molecule has 0 spiro atoms. The zero-order valence-electron chi connectivity index (χ0n) is 12.9. The summed E-state index contributed by atoms with van der Waals surface area (Å²) in [5.41, 5.74) is -0.434. The van der Waals surface area contributed by atoms with Crippen molar-refractivity contribution in [2.45, 2.75) is 39.3 Å². The zero-order chi connectivity index (χ0) is 15.5. The molecule has 1 aromatic heterocycles. The molecule has 0 atom stereocenters. The van der Waals surface area contributed by atoms with E-state index in [9.17, 15) is 4.79 Å². The molecule has 0 bridgehead atoms. The molecular weight excluding hydrogens is 308 g/mol. The minimum absolute atomic E-state index is 0.205. The number of thiophene rings is 1. The number of ether oxygens (including phenoxy) is 1. The second-order valence-electron chi connectivity index (χ2n) is 6.30. The molecule has 0 N–H and O–H groups in total. The van der Waals surface area contributed by atoms with E-state index in [-0.39, 0.29) is 6.09 Å². The van der Waals surface area contributed by atoms with E-state index in [0.717, 1.165) is 36.9 Å². The Bertz CT molecular complexity index is 484. The average molecular weight is 331 g/mol. The van der Waals surface area contributed by atoms with Crippen molar-refractivity contribution < 1.29 is 9.53 Å². The van der Waals surface area contributed by atoms with Crippen LogP contribution in [0.4, 0.5) is 4.79 Å². The lowest BCUT2D eigenvalue weighted by molar-refractivity contribution is 0.0257. The molecule has 4 nitrogen and oxygen atoms in total. The van der Waals surface area contributed by atoms with Crippen LogP contribution in [0.2, 0.25) is 4.34 Å². The molecule has 1 amide bonds. The first-order valence-corrected chi connectivity index (χ1v) is 8.47. The molecule has 6 heteroatoms. The van der Waals surface area contributed by atoms with Crippen molar-refractivity contribution in [2.75, 3.05) is 26.2 Å². The molecule has 0 aromatic carbocycles. The second-order valence-corrected chi connectivity index (χ2v) is 8.10. The van der Waals surface area contributed by atoms with Gasteiger partial charge in [0.05, 0.1) is 4.34 Å². The van der Waals surface area contributed by atoms with Gasteiger partial charge in [-0.15, -0.1) is 11.3 Å². The molecule has 2 heterocycles. The Balaban J connectivity index is 1.85. The first kappa shape index (κ1) is 16.6. The number of carbonyl (C=O) groups is 1. The molecular formula is C15H23ClN2O2S. The summed E-state index contributed by atoms with van der Waals surface area (Å²) in [6, 6.07) is 4.01. The lowest BCUT2D eigenvalue weighted by Crippen LogP contribution is -2.39. The molecule has 1 saturated heterocycles. The van der Waals surface area contributed by atoms with Gasteiger partial charge in [0.2, 0.25) is 0 Å². The van der Waals surface area contributed by atoms with Crippen molar-refractivity contribution in [3.63, 3.8) is 0 Å². The SMILES string of the molecule is CC(C)(C)OC(=O)N1CCCN(Cc2ccc(Cl)s2)CC1. The number of hydrogen-bond donors (Lipinski definition) is 0. The fourth-order valence-corrected chi connectivity index (χ4v) is 3.43. The molecule has 0 saturated carbocycles. The minimum Gasteiger partial charge on any atom is -0.444 e. The van der Waals surface area contributed by atoms with Gasteiger partial charge >= 0.3 is 6.09 Å². The Hall–Kier alpha value is -0.780. The number of carbonyl (C=O) groups excluding carboxylic acids is 1. The quantitative estimate of drug-likeness (QED) is 0.825. The summed E-state index contributed by atoms with van der Waals surface area (Å²) in [6.45, 7) is 9.94. The first-order chi connectivity index (χ1) is 9.83. The van der Waals surface area contributed by atoms with Crippen LogP contribution in [0.5, 0.6) is 0 Å². The molecule has 118 valence electrons. The standard InChI is InChI=1S/C15H23ClN2O2S/c1-15(2,3)20-14(19)18-8-4-7-17(9-10-18)11-12-5-6-13(16)21-12/h5-6H,4,7-11H2,1-3H3. The topological polar surface area (TPSA) is 32.8 Å². The summed E-state index contributed by atoms with van der Waals surface area (Å²) in [4.78, 5) is 17.6. The van der Waals surface area contributed by atoms with Crippen molar-refractivity contribution in [3.05, 3.63) is 21.3 Å². The Labute approximate surface area is 135 Å². The van der Waals surface area contributed by atoms with E-state index >= 15 is 0 Å². The predicted molar refractivity (Wildman–Crippen MR) is 87.0 cm³/mol. The number of rotatable bonds is 2. The molecule has 2 rings (SSSR count). The van der Waals surface area contributed by atoms with Gasteiger partial charge in [-0.1, -0.05) is 11.6 Å². The van der Waals surface area contributed by atoms with Crippen LogP contribution < -0.4 is 0 Å². The number of nitrogens with zero attached hydrogens (tertiary/aromatic N) is 2. The van der Waals surface area contributed by atoms with Gasteiger partial charge in [-0.25, -0.2) is 4.79 Å². The number of hydrogen-bond acceptors (Lipinski definition) is 4. The van der Waals surface area contributed by atoms with Gasteiger partial charge in [0.25, 0.3) is 0 Å². The monoisotopic (exact) mass is 330 g/mol. The fraction of sp³-hybridized carbons (Fsp3) is 0.667. The third-order valence-electron chi connectivity index (χ3n) is 3.25. The van der Waals surface area contributed by atoms with Crippen LogP contribution in [0, 0.1) is 0 Å². The highest BCUT2D eigenvalue weighted by Crippen LogP contribution is 2.23. The lowest BCUT2D eigenvalue weighted by atomic mass is 10.2. The summed E-state index contributed by atoms with van der Waals surface area (Å²) in [5, 5.41) is 0. The van der Waals surface area contributed by atoms with Gasteiger partial charge < -0.3 is 9.64 Å². The normalized spacial score (nSPS) is 17.6. The van der Waals surface area contributed by atoms with Crippen molar-refractivity contribution >= 4 is 29.0 Å². The smallest absolute Gasteiger partial charge is 0.410 e. The second kappa shape index (κ2) is 6.99. The van der Waals surface area contributed by atoms with Crippen molar-refractivity contribution in [1.82, 2.24) is 9.80 Å². The van der Waals surface area contributed by atoms with Crippen LogP contribution in [0.1, 0.15) is 32.1 Å². The Kier molecular flexibility index (Phi) is 5.52. The zero-order valence-corrected chi connectivity index (χ0v) is 14.5. The predicted octanol–water partition coefficient (Wildman–Crippen LogP) is 3.84. The fourth-order valence-electron chi connectivity index (χ4n) is 2.30. The van der Waals surface area contributed by atoms with Crippen LogP contribution in [0.3, 0.4) is 0 Å². The largest absolute Gasteiger partial charge is 0.444 e. The van der Waals surface area contributed by atoms with Crippen LogP contribution in [0.25, 0.3) is 0 Å². The average Bonchev–Trinajstić information content (AvgIpc) is 2.62. The maximum atomic E-state index is 12.1. The van der Waals surface area contributed by atoms with Gasteiger partial charge in [-0.2, -0.15) is 0 Å². The summed E-state index contributed by atoms with van der Waals surface area (Å²) in [7, 11) is 0. The van der Waals surface area contributed by atoms with Crippen molar-refractivity contribution in [3.8, 4) is 0 Å². The van der Waals surface area contributed by atoms with E-state index in [1.807, 2.05) is 31.7 Å². The summed E-state index contributed by atoms with van der Waals surface area (Å²) >= 11 is 7.59. The van der Waals surface area contributed by atoms with Gasteiger partial charge in [-0.3, -0.25) is 4.90 Å². The van der Waals surface area contributed by atoms with Gasteiger partial charge in [0.15, 0.2) is 0 Å². The Morgan fingerprint density at radius 2 is 2.05 bits per heavy atom. The highest BCUT2D eigenvalue weighted by atomic mass is 35.5. The third kappa shape index (κ3) is 5.49. The minimum atomic E-state index is -0.434. The van der Waals surface area contributed by atoms with Crippen molar-refractivity contribution in [1.29, 1.82) is 0 Å².